The summed E-state index contributed by atoms with van der Waals surface area (Å²) in [6.07, 6.45) is 11.7. The normalized spacial score (nSPS) is 19.0. The van der Waals surface area contributed by atoms with Gasteiger partial charge in [-0.2, -0.15) is 5.10 Å². The SMILES string of the molecule is CC(=O)N1CCC(Nc2ncc(Cl)c(-c3ccn(C4CCCCC4)n3)n2)CC1. The zero-order chi connectivity index (χ0) is 19.5. The van der Waals surface area contributed by atoms with E-state index >= 15 is 0 Å². The van der Waals surface area contributed by atoms with Crippen molar-refractivity contribution < 1.29 is 4.79 Å². The van der Waals surface area contributed by atoms with E-state index < -0.39 is 0 Å². The average Bonchev–Trinajstić information content (AvgIpc) is 3.20. The first kappa shape index (κ1) is 19.2. The van der Waals surface area contributed by atoms with Crippen molar-refractivity contribution in [3.63, 3.8) is 0 Å². The van der Waals surface area contributed by atoms with Crippen LogP contribution in [0.2, 0.25) is 5.02 Å². The van der Waals surface area contributed by atoms with Gasteiger partial charge in [0.05, 0.1) is 17.3 Å². The lowest BCUT2D eigenvalue weighted by Crippen LogP contribution is -2.41. The van der Waals surface area contributed by atoms with E-state index in [4.69, 9.17) is 16.7 Å². The van der Waals surface area contributed by atoms with Crippen LogP contribution in [0.3, 0.4) is 0 Å². The molecule has 7 nitrogen and oxygen atoms in total. The van der Waals surface area contributed by atoms with Gasteiger partial charge in [-0.15, -0.1) is 0 Å². The molecule has 2 fully saturated rings. The molecule has 1 aliphatic carbocycles. The van der Waals surface area contributed by atoms with Crippen molar-refractivity contribution >= 4 is 23.5 Å². The van der Waals surface area contributed by atoms with Gasteiger partial charge in [-0.25, -0.2) is 9.97 Å². The summed E-state index contributed by atoms with van der Waals surface area (Å²) >= 11 is 6.38. The summed E-state index contributed by atoms with van der Waals surface area (Å²) < 4.78 is 2.07. The molecule has 0 aromatic carbocycles. The zero-order valence-corrected chi connectivity index (χ0v) is 17.0. The fourth-order valence-electron chi connectivity index (χ4n) is 4.15. The Bertz CT molecular complexity index is 824. The second kappa shape index (κ2) is 8.47. The van der Waals surface area contributed by atoms with Crippen LogP contribution >= 0.6 is 11.6 Å². The van der Waals surface area contributed by atoms with E-state index in [1.807, 2.05) is 17.2 Å². The molecule has 1 saturated heterocycles. The van der Waals surface area contributed by atoms with E-state index in [2.05, 4.69) is 20.0 Å². The number of piperidine rings is 1. The van der Waals surface area contributed by atoms with E-state index in [0.717, 1.165) is 31.6 Å². The topological polar surface area (TPSA) is 75.9 Å². The maximum atomic E-state index is 11.5. The molecule has 0 radical (unpaired) electrons. The van der Waals surface area contributed by atoms with Gasteiger partial charge in [0, 0.05) is 32.3 Å². The third-order valence-electron chi connectivity index (χ3n) is 5.82. The molecule has 2 aromatic rings. The minimum atomic E-state index is 0.136. The standard InChI is InChI=1S/C20H27ClN6O/c1-14(28)26-10-7-15(8-11-26)23-20-22-13-17(21)19(24-20)18-9-12-27(25-18)16-5-3-2-4-6-16/h9,12-13,15-16H,2-8,10-11H2,1H3,(H,22,23,24). The number of rotatable bonds is 4. The number of hydrogen-bond acceptors (Lipinski definition) is 5. The number of aromatic nitrogens is 4. The van der Waals surface area contributed by atoms with Crippen LogP contribution in [-0.4, -0.2) is 49.7 Å². The van der Waals surface area contributed by atoms with Gasteiger partial charge in [-0.3, -0.25) is 9.48 Å². The van der Waals surface area contributed by atoms with Crippen LogP contribution in [0.25, 0.3) is 11.4 Å². The Morgan fingerprint density at radius 1 is 1.18 bits per heavy atom. The first-order valence-corrected chi connectivity index (χ1v) is 10.6. The predicted octanol–water partition coefficient (Wildman–Crippen LogP) is 3.92. The monoisotopic (exact) mass is 402 g/mol. The lowest BCUT2D eigenvalue weighted by Gasteiger charge is -2.31. The molecule has 1 amide bonds. The van der Waals surface area contributed by atoms with Crippen LogP contribution in [0, 0.1) is 0 Å². The summed E-state index contributed by atoms with van der Waals surface area (Å²) in [7, 11) is 0. The Hall–Kier alpha value is -2.15. The number of nitrogens with zero attached hydrogens (tertiary/aromatic N) is 5. The summed E-state index contributed by atoms with van der Waals surface area (Å²) in [6.45, 7) is 3.15. The van der Waals surface area contributed by atoms with Gasteiger partial charge in [-0.05, 0) is 31.7 Å². The number of nitrogens with one attached hydrogen (secondary N) is 1. The number of hydrogen-bond donors (Lipinski definition) is 1. The minimum absolute atomic E-state index is 0.136. The third kappa shape index (κ3) is 4.29. The highest BCUT2D eigenvalue weighted by molar-refractivity contribution is 6.32. The van der Waals surface area contributed by atoms with Crippen molar-refractivity contribution in [2.45, 2.75) is 64.0 Å². The van der Waals surface area contributed by atoms with Crippen molar-refractivity contribution in [2.24, 2.45) is 0 Å². The highest BCUT2D eigenvalue weighted by atomic mass is 35.5. The molecule has 1 aliphatic heterocycles. The molecule has 2 aromatic heterocycles. The molecule has 2 aliphatic rings. The summed E-state index contributed by atoms with van der Waals surface area (Å²) in [5.41, 5.74) is 1.45. The Morgan fingerprint density at radius 2 is 1.93 bits per heavy atom. The van der Waals surface area contributed by atoms with Crippen molar-refractivity contribution in [3.05, 3.63) is 23.5 Å². The Morgan fingerprint density at radius 3 is 2.64 bits per heavy atom. The molecule has 3 heterocycles. The van der Waals surface area contributed by atoms with Gasteiger partial charge in [-0.1, -0.05) is 30.9 Å². The Balaban J connectivity index is 1.45. The maximum Gasteiger partial charge on any atom is 0.223 e. The van der Waals surface area contributed by atoms with Crippen molar-refractivity contribution in [1.29, 1.82) is 0 Å². The number of amides is 1. The second-order valence-electron chi connectivity index (χ2n) is 7.79. The molecule has 8 heteroatoms. The summed E-state index contributed by atoms with van der Waals surface area (Å²) in [4.78, 5) is 22.3. The Labute approximate surface area is 170 Å². The fourth-order valence-corrected chi connectivity index (χ4v) is 4.34. The molecule has 0 spiro atoms. The van der Waals surface area contributed by atoms with Gasteiger partial charge >= 0.3 is 0 Å². The summed E-state index contributed by atoms with van der Waals surface area (Å²) in [5.74, 6) is 0.699. The molecule has 1 saturated carbocycles. The quantitative estimate of drug-likeness (QED) is 0.838. The molecule has 4 rings (SSSR count). The largest absolute Gasteiger partial charge is 0.351 e. The second-order valence-corrected chi connectivity index (χ2v) is 8.19. The molecule has 0 bridgehead atoms. The lowest BCUT2D eigenvalue weighted by molar-refractivity contribution is -0.129. The molecule has 0 unspecified atom stereocenters. The van der Waals surface area contributed by atoms with Gasteiger partial charge in [0.15, 0.2) is 0 Å². The van der Waals surface area contributed by atoms with Crippen molar-refractivity contribution in [2.75, 3.05) is 18.4 Å². The number of halogens is 1. The summed E-state index contributed by atoms with van der Waals surface area (Å²) in [5, 5.41) is 8.65. The number of carbonyl (C=O) groups excluding carboxylic acids is 1. The number of anilines is 1. The van der Waals surface area contributed by atoms with Crippen LogP contribution in [0.4, 0.5) is 5.95 Å². The molecule has 1 N–H and O–H groups in total. The first-order valence-electron chi connectivity index (χ1n) is 10.2. The summed E-state index contributed by atoms with van der Waals surface area (Å²) in [6, 6.07) is 2.72. The van der Waals surface area contributed by atoms with Crippen molar-refractivity contribution in [3.8, 4) is 11.4 Å². The van der Waals surface area contributed by atoms with Gasteiger partial charge < -0.3 is 10.2 Å². The zero-order valence-electron chi connectivity index (χ0n) is 16.3. The van der Waals surface area contributed by atoms with Gasteiger partial charge in [0.1, 0.15) is 11.4 Å². The fraction of sp³-hybridized carbons (Fsp3) is 0.600. The highest BCUT2D eigenvalue weighted by Gasteiger charge is 2.22. The predicted molar refractivity (Wildman–Crippen MR) is 109 cm³/mol. The van der Waals surface area contributed by atoms with Crippen LogP contribution < -0.4 is 5.32 Å². The van der Waals surface area contributed by atoms with Gasteiger partial charge in [0.25, 0.3) is 0 Å². The van der Waals surface area contributed by atoms with Gasteiger partial charge in [0.2, 0.25) is 11.9 Å². The average molecular weight is 403 g/mol. The maximum absolute atomic E-state index is 11.5. The molecule has 0 atom stereocenters. The highest BCUT2D eigenvalue weighted by Crippen LogP contribution is 2.30. The van der Waals surface area contributed by atoms with Crippen LogP contribution in [0.1, 0.15) is 57.9 Å². The molecule has 150 valence electrons. The van der Waals surface area contributed by atoms with E-state index in [0.29, 0.717) is 22.7 Å². The van der Waals surface area contributed by atoms with Crippen LogP contribution in [-0.2, 0) is 4.79 Å². The molecular weight excluding hydrogens is 376 g/mol. The lowest BCUT2D eigenvalue weighted by atomic mass is 9.96. The van der Waals surface area contributed by atoms with E-state index in [-0.39, 0.29) is 11.9 Å². The van der Waals surface area contributed by atoms with Crippen LogP contribution in [0.15, 0.2) is 18.5 Å². The van der Waals surface area contributed by atoms with Crippen molar-refractivity contribution in [1.82, 2.24) is 24.6 Å². The minimum Gasteiger partial charge on any atom is -0.351 e. The van der Waals surface area contributed by atoms with E-state index in [1.165, 1.54) is 32.1 Å². The van der Waals surface area contributed by atoms with Crippen LogP contribution in [0.5, 0.6) is 0 Å². The number of likely N-dealkylation sites (tertiary alicyclic amines) is 1. The smallest absolute Gasteiger partial charge is 0.223 e. The first-order chi connectivity index (χ1) is 13.6. The number of carbonyl (C=O) groups is 1. The van der Waals surface area contributed by atoms with E-state index in [9.17, 15) is 4.79 Å². The molecule has 28 heavy (non-hydrogen) atoms. The van der Waals surface area contributed by atoms with E-state index in [1.54, 1.807) is 13.1 Å². The molecular formula is C20H27ClN6O. The Kier molecular flexibility index (Phi) is 5.80. The third-order valence-corrected chi connectivity index (χ3v) is 6.09.